The summed E-state index contributed by atoms with van der Waals surface area (Å²) in [7, 11) is 0. The fourth-order valence-corrected chi connectivity index (χ4v) is 1.57. The number of rotatable bonds is 1. The lowest BCUT2D eigenvalue weighted by atomic mass is 10.3. The maximum Gasteiger partial charge on any atom is 0.214 e. The van der Waals surface area contributed by atoms with E-state index in [-0.39, 0.29) is 0 Å². The van der Waals surface area contributed by atoms with Crippen LogP contribution in [-0.2, 0) is 0 Å². The summed E-state index contributed by atoms with van der Waals surface area (Å²) in [6, 6.07) is 0. The molecule has 1 aliphatic heterocycles. The van der Waals surface area contributed by atoms with E-state index in [0.717, 1.165) is 11.3 Å². The van der Waals surface area contributed by atoms with Gasteiger partial charge in [-0.15, -0.1) is 0 Å². The SMILES string of the molecule is C1=CSC(c2ncon2)=CC1. The third kappa shape index (κ3) is 1.35. The number of thioether (sulfide) groups is 1. The normalized spacial score (nSPS) is 16.5. The van der Waals surface area contributed by atoms with Crippen LogP contribution in [0.3, 0.4) is 0 Å². The highest BCUT2D eigenvalue weighted by Crippen LogP contribution is 2.29. The van der Waals surface area contributed by atoms with Gasteiger partial charge in [-0.05, 0) is 11.8 Å². The van der Waals surface area contributed by atoms with Gasteiger partial charge < -0.3 is 4.52 Å². The fraction of sp³-hybridized carbons (Fsp3) is 0.143. The Kier molecular flexibility index (Phi) is 1.77. The van der Waals surface area contributed by atoms with Crippen molar-refractivity contribution in [2.75, 3.05) is 0 Å². The van der Waals surface area contributed by atoms with Crippen LogP contribution in [0.1, 0.15) is 12.2 Å². The van der Waals surface area contributed by atoms with Gasteiger partial charge in [0.2, 0.25) is 12.2 Å². The van der Waals surface area contributed by atoms with Crippen molar-refractivity contribution in [2.45, 2.75) is 6.42 Å². The molecule has 56 valence electrons. The third-order valence-electron chi connectivity index (χ3n) is 1.31. The molecule has 0 bridgehead atoms. The van der Waals surface area contributed by atoms with Gasteiger partial charge in [0.15, 0.2) is 0 Å². The van der Waals surface area contributed by atoms with Crippen LogP contribution in [0.25, 0.3) is 4.91 Å². The molecule has 0 N–H and O–H groups in total. The molecule has 0 radical (unpaired) electrons. The monoisotopic (exact) mass is 166 g/mol. The van der Waals surface area contributed by atoms with Gasteiger partial charge in [-0.3, -0.25) is 0 Å². The molecule has 0 fully saturated rings. The molecule has 0 amide bonds. The summed E-state index contributed by atoms with van der Waals surface area (Å²) in [5, 5.41) is 5.76. The van der Waals surface area contributed by atoms with Gasteiger partial charge in [0.1, 0.15) is 0 Å². The largest absolute Gasteiger partial charge is 0.342 e. The van der Waals surface area contributed by atoms with E-state index in [4.69, 9.17) is 0 Å². The van der Waals surface area contributed by atoms with Crippen molar-refractivity contribution < 1.29 is 4.52 Å². The lowest BCUT2D eigenvalue weighted by Crippen LogP contribution is -1.83. The lowest BCUT2D eigenvalue weighted by Gasteiger charge is -2.00. The van der Waals surface area contributed by atoms with Crippen molar-refractivity contribution in [3.63, 3.8) is 0 Å². The summed E-state index contributed by atoms with van der Waals surface area (Å²) < 4.78 is 4.63. The average Bonchev–Trinajstić information content (AvgIpc) is 2.58. The minimum absolute atomic E-state index is 0.680. The Hall–Kier alpha value is -1.03. The highest BCUT2D eigenvalue weighted by Gasteiger charge is 2.06. The zero-order valence-corrected chi connectivity index (χ0v) is 6.54. The van der Waals surface area contributed by atoms with Crippen LogP contribution in [0, 0.1) is 0 Å². The molecule has 0 aromatic carbocycles. The first kappa shape index (κ1) is 6.67. The molecular weight excluding hydrogens is 160 g/mol. The highest BCUT2D eigenvalue weighted by molar-refractivity contribution is 8.10. The van der Waals surface area contributed by atoms with E-state index in [1.165, 1.54) is 6.39 Å². The van der Waals surface area contributed by atoms with E-state index in [2.05, 4.69) is 26.8 Å². The third-order valence-corrected chi connectivity index (χ3v) is 2.24. The predicted octanol–water partition coefficient (Wildman–Crippen LogP) is 2.06. The molecule has 1 aliphatic rings. The first-order valence-corrected chi connectivity index (χ1v) is 4.13. The van der Waals surface area contributed by atoms with E-state index in [1.54, 1.807) is 11.8 Å². The van der Waals surface area contributed by atoms with Gasteiger partial charge in [0.25, 0.3) is 0 Å². The molecule has 4 heteroatoms. The maximum absolute atomic E-state index is 4.63. The molecule has 11 heavy (non-hydrogen) atoms. The molecule has 0 unspecified atom stereocenters. The van der Waals surface area contributed by atoms with Crippen molar-refractivity contribution in [3.8, 4) is 0 Å². The second-order valence-electron chi connectivity index (χ2n) is 2.05. The van der Waals surface area contributed by atoms with Crippen molar-refractivity contribution >= 4 is 16.7 Å². The molecule has 1 aromatic rings. The van der Waals surface area contributed by atoms with Crippen LogP contribution >= 0.6 is 11.8 Å². The van der Waals surface area contributed by atoms with Gasteiger partial charge in [-0.1, -0.05) is 29.1 Å². The molecule has 0 saturated carbocycles. The smallest absolute Gasteiger partial charge is 0.214 e. The van der Waals surface area contributed by atoms with Crippen LogP contribution in [0.2, 0.25) is 0 Å². The molecule has 1 aromatic heterocycles. The number of nitrogens with zero attached hydrogens (tertiary/aromatic N) is 2. The zero-order chi connectivity index (χ0) is 7.52. The molecular formula is C7H6N2OS. The first-order valence-electron chi connectivity index (χ1n) is 3.25. The van der Waals surface area contributed by atoms with E-state index in [9.17, 15) is 0 Å². The van der Waals surface area contributed by atoms with Gasteiger partial charge >= 0.3 is 0 Å². The van der Waals surface area contributed by atoms with E-state index in [1.807, 2.05) is 5.41 Å². The van der Waals surface area contributed by atoms with Gasteiger partial charge in [0, 0.05) is 0 Å². The van der Waals surface area contributed by atoms with Crippen molar-refractivity contribution in [2.24, 2.45) is 0 Å². The van der Waals surface area contributed by atoms with Gasteiger partial charge in [-0.2, -0.15) is 4.98 Å². The number of hydrogen-bond acceptors (Lipinski definition) is 4. The predicted molar refractivity (Wildman–Crippen MR) is 43.6 cm³/mol. The summed E-state index contributed by atoms with van der Waals surface area (Å²) >= 11 is 1.62. The average molecular weight is 166 g/mol. The lowest BCUT2D eigenvalue weighted by molar-refractivity contribution is 0.415. The molecule has 2 heterocycles. The van der Waals surface area contributed by atoms with E-state index >= 15 is 0 Å². The summed E-state index contributed by atoms with van der Waals surface area (Å²) in [4.78, 5) is 5.01. The molecule has 0 atom stereocenters. The summed E-state index contributed by atoms with van der Waals surface area (Å²) in [6.45, 7) is 0. The second-order valence-corrected chi connectivity index (χ2v) is 3.00. The van der Waals surface area contributed by atoms with Crippen LogP contribution in [0.4, 0.5) is 0 Å². The topological polar surface area (TPSA) is 38.9 Å². The molecule has 0 aliphatic carbocycles. The maximum atomic E-state index is 4.63. The highest BCUT2D eigenvalue weighted by atomic mass is 32.2. The van der Waals surface area contributed by atoms with Crippen molar-refractivity contribution in [1.82, 2.24) is 10.1 Å². The second kappa shape index (κ2) is 2.92. The van der Waals surface area contributed by atoms with Crippen LogP contribution in [0.5, 0.6) is 0 Å². The Labute approximate surface area is 68.2 Å². The molecule has 0 spiro atoms. The van der Waals surface area contributed by atoms with E-state index in [0.29, 0.717) is 5.82 Å². The number of allylic oxidation sites excluding steroid dienone is 2. The van der Waals surface area contributed by atoms with Crippen LogP contribution in [0.15, 0.2) is 28.5 Å². The quantitative estimate of drug-likeness (QED) is 0.640. The molecule has 2 rings (SSSR count). The Bertz CT molecular complexity index is 289. The molecule has 3 nitrogen and oxygen atoms in total. The first-order chi connectivity index (χ1) is 5.47. The minimum atomic E-state index is 0.680. The Morgan fingerprint density at radius 2 is 2.55 bits per heavy atom. The van der Waals surface area contributed by atoms with Gasteiger partial charge in [-0.25, -0.2) is 0 Å². The summed E-state index contributed by atoms with van der Waals surface area (Å²) in [6.07, 6.45) is 6.47. The Morgan fingerprint density at radius 3 is 3.18 bits per heavy atom. The van der Waals surface area contributed by atoms with Gasteiger partial charge in [0.05, 0.1) is 4.91 Å². The number of hydrogen-bond donors (Lipinski definition) is 0. The molecule has 0 saturated heterocycles. The fourth-order valence-electron chi connectivity index (χ4n) is 0.823. The van der Waals surface area contributed by atoms with Crippen LogP contribution < -0.4 is 0 Å². The zero-order valence-electron chi connectivity index (χ0n) is 5.73. The Balaban J connectivity index is 2.24. The van der Waals surface area contributed by atoms with E-state index < -0.39 is 0 Å². The van der Waals surface area contributed by atoms with Crippen molar-refractivity contribution in [1.29, 1.82) is 0 Å². The standard InChI is InChI=1S/C7H6N2OS/c1-2-4-11-6(3-1)7-8-5-10-9-7/h2-5H,1H2. The number of aromatic nitrogens is 2. The summed E-state index contributed by atoms with van der Waals surface area (Å²) in [5.41, 5.74) is 0. The van der Waals surface area contributed by atoms with Crippen molar-refractivity contribution in [3.05, 3.63) is 29.8 Å². The summed E-state index contributed by atoms with van der Waals surface area (Å²) in [5.74, 6) is 0.680. The Morgan fingerprint density at radius 1 is 1.55 bits per heavy atom. The minimum Gasteiger partial charge on any atom is -0.342 e. The van der Waals surface area contributed by atoms with Crippen LogP contribution in [-0.4, -0.2) is 10.1 Å².